The molecule has 110 valence electrons. The Balaban J connectivity index is 2.52. The summed E-state index contributed by atoms with van der Waals surface area (Å²) in [7, 11) is 0. The molecule has 0 aliphatic heterocycles. The van der Waals surface area contributed by atoms with Crippen molar-refractivity contribution in [1.29, 1.82) is 0 Å². The highest BCUT2D eigenvalue weighted by molar-refractivity contribution is 5.83. The summed E-state index contributed by atoms with van der Waals surface area (Å²) in [6, 6.07) is -1.25. The molecule has 1 atom stereocenters. The fraction of sp³-hybridized carbons (Fsp3) is 0.500. The van der Waals surface area contributed by atoms with Crippen LogP contribution in [0.3, 0.4) is 0 Å². The van der Waals surface area contributed by atoms with Crippen molar-refractivity contribution < 1.29 is 24.6 Å². The van der Waals surface area contributed by atoms with Crippen molar-refractivity contribution in [2.45, 2.75) is 32.0 Å². The molecule has 1 aromatic rings. The molecule has 0 bridgehead atoms. The second-order valence-corrected chi connectivity index (χ2v) is 4.00. The maximum Gasteiger partial charge on any atom is 0.326 e. The van der Waals surface area contributed by atoms with E-state index < -0.39 is 23.9 Å². The van der Waals surface area contributed by atoms with E-state index in [-0.39, 0.29) is 25.9 Å². The van der Waals surface area contributed by atoms with Crippen molar-refractivity contribution in [3.8, 4) is 0 Å². The lowest BCUT2D eigenvalue weighted by molar-refractivity contribution is -0.143. The Morgan fingerprint density at radius 2 is 2.10 bits per heavy atom. The van der Waals surface area contributed by atoms with Gasteiger partial charge in [-0.15, -0.1) is 5.10 Å². The Hall–Kier alpha value is -2.49. The van der Waals surface area contributed by atoms with Gasteiger partial charge in [0.2, 0.25) is 5.91 Å². The number of carboxylic acid groups (broad SMARTS) is 2. The van der Waals surface area contributed by atoms with Crippen LogP contribution >= 0.6 is 0 Å². The summed E-state index contributed by atoms with van der Waals surface area (Å²) in [5.74, 6) is -3.02. The first-order chi connectivity index (χ1) is 9.42. The zero-order valence-electron chi connectivity index (χ0n) is 10.5. The van der Waals surface area contributed by atoms with E-state index in [2.05, 4.69) is 15.6 Å². The number of hydrogen-bond acceptors (Lipinski definition) is 6. The predicted molar refractivity (Wildman–Crippen MR) is 64.3 cm³/mol. The van der Waals surface area contributed by atoms with Gasteiger partial charge in [-0.1, -0.05) is 5.21 Å². The van der Waals surface area contributed by atoms with E-state index in [0.717, 1.165) is 0 Å². The Morgan fingerprint density at radius 1 is 1.40 bits per heavy atom. The van der Waals surface area contributed by atoms with Gasteiger partial charge in [-0.3, -0.25) is 9.59 Å². The molecule has 0 saturated heterocycles. The number of aliphatic carboxylic acids is 2. The van der Waals surface area contributed by atoms with Crippen LogP contribution in [0.4, 0.5) is 0 Å². The Bertz CT molecular complexity index is 500. The molecule has 0 radical (unpaired) electrons. The van der Waals surface area contributed by atoms with E-state index >= 15 is 0 Å². The zero-order chi connectivity index (χ0) is 15.1. The topological polar surface area (TPSA) is 160 Å². The molecule has 0 saturated carbocycles. The number of carbonyl (C=O) groups excluding carboxylic acids is 1. The standard InChI is InChI=1S/C10H15N5O5/c11-3-6-4-15(14-13-6)5-8(16)12-7(10(19)20)1-2-9(17)18/h4,7H,1-3,5,11H2,(H,12,16)(H,17,18)(H,19,20). The van der Waals surface area contributed by atoms with Crippen LogP contribution in [-0.2, 0) is 27.5 Å². The lowest BCUT2D eigenvalue weighted by Gasteiger charge is -2.13. The van der Waals surface area contributed by atoms with Crippen LogP contribution in [-0.4, -0.2) is 49.1 Å². The Labute approximate surface area is 113 Å². The van der Waals surface area contributed by atoms with E-state index in [1.54, 1.807) is 0 Å². The fourth-order valence-corrected chi connectivity index (χ4v) is 1.42. The summed E-state index contributed by atoms with van der Waals surface area (Å²) in [5, 5.41) is 26.9. The SMILES string of the molecule is NCc1cn(CC(=O)NC(CCC(=O)O)C(=O)O)nn1. The number of nitrogens with one attached hydrogen (secondary N) is 1. The highest BCUT2D eigenvalue weighted by atomic mass is 16.4. The number of nitrogens with two attached hydrogens (primary N) is 1. The zero-order valence-corrected chi connectivity index (χ0v) is 10.5. The van der Waals surface area contributed by atoms with Gasteiger partial charge in [0.05, 0.1) is 11.9 Å². The number of carbonyl (C=O) groups is 3. The van der Waals surface area contributed by atoms with Gasteiger partial charge < -0.3 is 21.3 Å². The van der Waals surface area contributed by atoms with E-state index in [9.17, 15) is 14.4 Å². The monoisotopic (exact) mass is 285 g/mol. The summed E-state index contributed by atoms with van der Waals surface area (Å²) < 4.78 is 1.22. The number of aromatic nitrogens is 3. The molecule has 20 heavy (non-hydrogen) atoms. The molecule has 1 heterocycles. The Kier molecular flexibility index (Phi) is 5.59. The molecule has 5 N–H and O–H groups in total. The highest BCUT2D eigenvalue weighted by Crippen LogP contribution is 1.99. The Morgan fingerprint density at radius 3 is 2.60 bits per heavy atom. The first-order valence-corrected chi connectivity index (χ1v) is 5.75. The molecule has 1 amide bonds. The second kappa shape index (κ2) is 7.19. The molecule has 10 heteroatoms. The minimum absolute atomic E-state index is 0.179. The normalized spacial score (nSPS) is 11.8. The number of rotatable bonds is 8. The fourth-order valence-electron chi connectivity index (χ4n) is 1.42. The van der Waals surface area contributed by atoms with E-state index in [1.807, 2.05) is 0 Å². The average molecular weight is 285 g/mol. The minimum atomic E-state index is -1.29. The average Bonchev–Trinajstić information content (AvgIpc) is 2.81. The van der Waals surface area contributed by atoms with Gasteiger partial charge in [-0.25, -0.2) is 9.48 Å². The van der Waals surface area contributed by atoms with Gasteiger partial charge in [-0.2, -0.15) is 0 Å². The minimum Gasteiger partial charge on any atom is -0.481 e. The summed E-state index contributed by atoms with van der Waals surface area (Å²) in [4.78, 5) is 32.9. The molecule has 0 aromatic carbocycles. The van der Waals surface area contributed by atoms with Gasteiger partial charge in [0.1, 0.15) is 12.6 Å². The van der Waals surface area contributed by atoms with Gasteiger partial charge in [-0.05, 0) is 6.42 Å². The van der Waals surface area contributed by atoms with Crippen molar-refractivity contribution >= 4 is 17.8 Å². The third-order valence-electron chi connectivity index (χ3n) is 2.38. The summed E-state index contributed by atoms with van der Waals surface area (Å²) in [5.41, 5.74) is 5.83. The van der Waals surface area contributed by atoms with E-state index in [1.165, 1.54) is 10.9 Å². The van der Waals surface area contributed by atoms with Crippen molar-refractivity contribution in [3.63, 3.8) is 0 Å². The molecule has 0 aliphatic carbocycles. The van der Waals surface area contributed by atoms with Crippen LogP contribution in [0.5, 0.6) is 0 Å². The molecular weight excluding hydrogens is 270 g/mol. The molecule has 0 spiro atoms. The third kappa shape index (κ3) is 5.02. The van der Waals surface area contributed by atoms with Gasteiger partial charge in [0.25, 0.3) is 0 Å². The maximum atomic E-state index is 11.6. The lowest BCUT2D eigenvalue weighted by Crippen LogP contribution is -2.42. The van der Waals surface area contributed by atoms with Crippen LogP contribution < -0.4 is 11.1 Å². The van der Waals surface area contributed by atoms with Gasteiger partial charge in [0.15, 0.2) is 0 Å². The van der Waals surface area contributed by atoms with Crippen molar-refractivity contribution in [1.82, 2.24) is 20.3 Å². The van der Waals surface area contributed by atoms with Gasteiger partial charge in [0, 0.05) is 13.0 Å². The first-order valence-electron chi connectivity index (χ1n) is 5.75. The van der Waals surface area contributed by atoms with E-state index in [0.29, 0.717) is 5.69 Å². The van der Waals surface area contributed by atoms with Crippen molar-refractivity contribution in [2.75, 3.05) is 0 Å². The van der Waals surface area contributed by atoms with Crippen LogP contribution in [0.1, 0.15) is 18.5 Å². The molecular formula is C10H15N5O5. The lowest BCUT2D eigenvalue weighted by atomic mass is 10.1. The molecule has 0 fully saturated rings. The van der Waals surface area contributed by atoms with Crippen molar-refractivity contribution in [3.05, 3.63) is 11.9 Å². The number of nitrogens with zero attached hydrogens (tertiary/aromatic N) is 3. The quantitative estimate of drug-likeness (QED) is 0.433. The molecule has 1 rings (SSSR count). The molecule has 10 nitrogen and oxygen atoms in total. The summed E-state index contributed by atoms with van der Waals surface area (Å²) >= 11 is 0. The second-order valence-electron chi connectivity index (χ2n) is 4.00. The predicted octanol–water partition coefficient (Wildman–Crippen LogP) is -1.83. The number of hydrogen-bond donors (Lipinski definition) is 4. The smallest absolute Gasteiger partial charge is 0.326 e. The van der Waals surface area contributed by atoms with Crippen molar-refractivity contribution in [2.24, 2.45) is 5.73 Å². The summed E-state index contributed by atoms with van der Waals surface area (Å²) in [6.45, 7) is -0.0398. The molecule has 0 aliphatic rings. The van der Waals surface area contributed by atoms with Crippen LogP contribution in [0.2, 0.25) is 0 Å². The third-order valence-corrected chi connectivity index (χ3v) is 2.38. The van der Waals surface area contributed by atoms with Crippen LogP contribution in [0, 0.1) is 0 Å². The van der Waals surface area contributed by atoms with Gasteiger partial charge >= 0.3 is 11.9 Å². The highest BCUT2D eigenvalue weighted by Gasteiger charge is 2.21. The number of amides is 1. The first kappa shape index (κ1) is 15.6. The van der Waals surface area contributed by atoms with E-state index in [4.69, 9.17) is 15.9 Å². The maximum absolute atomic E-state index is 11.6. The van der Waals surface area contributed by atoms with Crippen LogP contribution in [0.25, 0.3) is 0 Å². The number of carboxylic acids is 2. The van der Waals surface area contributed by atoms with Crippen LogP contribution in [0.15, 0.2) is 6.20 Å². The molecule has 1 unspecified atom stereocenters. The molecule has 1 aromatic heterocycles. The largest absolute Gasteiger partial charge is 0.481 e. The summed E-state index contributed by atoms with van der Waals surface area (Å²) in [6.07, 6.45) is 0.923.